The topological polar surface area (TPSA) is 107 Å². The van der Waals surface area contributed by atoms with Crippen molar-refractivity contribution in [3.05, 3.63) is 42.0 Å². The van der Waals surface area contributed by atoms with E-state index in [1.807, 2.05) is 0 Å². The van der Waals surface area contributed by atoms with Gasteiger partial charge in [0, 0.05) is 6.08 Å². The van der Waals surface area contributed by atoms with Crippen LogP contribution >= 0.6 is 0 Å². The molecule has 0 saturated heterocycles. The maximum atomic E-state index is 13.3. The van der Waals surface area contributed by atoms with Gasteiger partial charge < -0.3 is 9.47 Å². The first-order valence-corrected chi connectivity index (χ1v) is 8.21. The van der Waals surface area contributed by atoms with Crippen molar-refractivity contribution in [1.82, 2.24) is 0 Å². The van der Waals surface area contributed by atoms with Gasteiger partial charge in [0.15, 0.2) is 0 Å². The van der Waals surface area contributed by atoms with Gasteiger partial charge in [-0.05, 0) is 31.2 Å². The van der Waals surface area contributed by atoms with Gasteiger partial charge in [0.2, 0.25) is 0 Å². The molecule has 1 rings (SSSR count). The highest BCUT2D eigenvalue weighted by molar-refractivity contribution is 7.86. The lowest BCUT2D eigenvalue weighted by Crippen LogP contribution is -2.52. The van der Waals surface area contributed by atoms with Gasteiger partial charge in [-0.25, -0.2) is 9.59 Å². The van der Waals surface area contributed by atoms with E-state index in [2.05, 4.69) is 4.74 Å². The molecule has 0 bridgehead atoms. The first-order chi connectivity index (χ1) is 12.2. The Morgan fingerprint density at radius 1 is 1.11 bits per heavy atom. The Labute approximate surface area is 149 Å². The van der Waals surface area contributed by atoms with Crippen LogP contribution in [0.15, 0.2) is 36.4 Å². The van der Waals surface area contributed by atoms with E-state index in [1.165, 1.54) is 13.0 Å². The van der Waals surface area contributed by atoms with Crippen LogP contribution in [-0.2, 0) is 19.6 Å². The quantitative estimate of drug-likeness (QED) is 0.249. The third-order valence-corrected chi connectivity index (χ3v) is 3.68. The second-order valence-corrected chi connectivity index (χ2v) is 6.30. The predicted octanol–water partition coefficient (Wildman–Crippen LogP) is 2.74. The summed E-state index contributed by atoms with van der Waals surface area (Å²) >= 11 is 0. The Balaban J connectivity index is 3.05. The second kappa shape index (κ2) is 8.00. The van der Waals surface area contributed by atoms with Gasteiger partial charge in [-0.1, -0.05) is 6.08 Å². The van der Waals surface area contributed by atoms with Crippen LogP contribution in [0.4, 0.5) is 22.0 Å². The zero-order valence-corrected chi connectivity index (χ0v) is 14.1. The minimum absolute atomic E-state index is 0.120. The number of carbonyl (C=O) groups excluding carboxylic acids is 2. The van der Waals surface area contributed by atoms with Crippen LogP contribution in [0.25, 0.3) is 0 Å². The van der Waals surface area contributed by atoms with Crippen molar-refractivity contribution in [1.29, 1.82) is 0 Å². The molecule has 27 heavy (non-hydrogen) atoms. The highest BCUT2D eigenvalue weighted by Gasteiger charge is 2.66. The van der Waals surface area contributed by atoms with Crippen molar-refractivity contribution in [2.24, 2.45) is 0 Å². The molecule has 0 aromatic heterocycles. The van der Waals surface area contributed by atoms with Gasteiger partial charge in [-0.3, -0.25) is 4.55 Å². The summed E-state index contributed by atoms with van der Waals surface area (Å²) in [6, 6.07) is 3.50. The Morgan fingerprint density at radius 2 is 1.63 bits per heavy atom. The lowest BCUT2D eigenvalue weighted by atomic mass is 10.2. The maximum absolute atomic E-state index is 13.3. The second-order valence-electron chi connectivity index (χ2n) is 4.81. The summed E-state index contributed by atoms with van der Waals surface area (Å²) in [5.74, 6) is -2.87. The number of ether oxygens (including phenoxy) is 2. The zero-order valence-electron chi connectivity index (χ0n) is 13.2. The van der Waals surface area contributed by atoms with Crippen LogP contribution in [0.1, 0.15) is 17.3 Å². The van der Waals surface area contributed by atoms with Crippen molar-refractivity contribution in [2.75, 3.05) is 0 Å². The SMILES string of the molecule is CC=CC(=O)Oc1ccc(C(=O)OC(C(F)(F)F)C(F)(F)S(=O)(=O)O)cc1. The summed E-state index contributed by atoms with van der Waals surface area (Å²) in [7, 11) is -6.53. The van der Waals surface area contributed by atoms with Crippen molar-refractivity contribution in [2.45, 2.75) is 24.5 Å². The number of carbonyl (C=O) groups is 2. The normalized spacial score (nSPS) is 14.0. The van der Waals surface area contributed by atoms with Crippen LogP contribution in [0, 0.1) is 0 Å². The molecule has 0 aliphatic carbocycles. The number of esters is 2. The summed E-state index contributed by atoms with van der Waals surface area (Å²) in [6.45, 7) is 1.53. The minimum Gasteiger partial charge on any atom is -0.441 e. The molecule has 0 fully saturated rings. The summed E-state index contributed by atoms with van der Waals surface area (Å²) in [4.78, 5) is 22.9. The first kappa shape index (κ1) is 22.5. The Hall–Kier alpha value is -2.54. The molecule has 13 heteroatoms. The highest BCUT2D eigenvalue weighted by atomic mass is 32.2. The molecule has 0 aliphatic heterocycles. The number of alkyl halides is 5. The van der Waals surface area contributed by atoms with Gasteiger partial charge in [-0.15, -0.1) is 0 Å². The van der Waals surface area contributed by atoms with E-state index in [9.17, 15) is 40.0 Å². The average molecular weight is 418 g/mol. The van der Waals surface area contributed by atoms with E-state index in [-0.39, 0.29) is 5.75 Å². The van der Waals surface area contributed by atoms with Gasteiger partial charge in [-0.2, -0.15) is 30.4 Å². The molecule has 0 aliphatic rings. The van der Waals surface area contributed by atoms with Crippen molar-refractivity contribution in [3.63, 3.8) is 0 Å². The van der Waals surface area contributed by atoms with Crippen LogP contribution in [0.5, 0.6) is 5.75 Å². The Morgan fingerprint density at radius 3 is 2.04 bits per heavy atom. The lowest BCUT2D eigenvalue weighted by molar-refractivity contribution is -0.248. The molecule has 150 valence electrons. The molecule has 1 aromatic carbocycles. The molecular formula is C14H11F5O7S. The van der Waals surface area contributed by atoms with Crippen molar-refractivity contribution >= 4 is 22.1 Å². The number of rotatable bonds is 6. The molecule has 1 unspecified atom stereocenters. The monoisotopic (exact) mass is 418 g/mol. The molecule has 0 radical (unpaired) electrons. The van der Waals surface area contributed by atoms with Crippen LogP contribution in [0.2, 0.25) is 0 Å². The third kappa shape index (κ3) is 5.72. The fraction of sp³-hybridized carbons (Fsp3) is 0.286. The zero-order chi connectivity index (χ0) is 21.0. The summed E-state index contributed by atoms with van der Waals surface area (Å²) < 4.78 is 102. The van der Waals surface area contributed by atoms with Gasteiger partial charge in [0.25, 0.3) is 6.10 Å². The standard InChI is InChI=1S/C14H11F5O7S/c1-2-3-10(20)25-9-6-4-8(5-7-9)11(21)26-12(13(15,16)17)14(18,19)27(22,23)24/h2-7,12H,1H3,(H,22,23,24). The maximum Gasteiger partial charge on any atom is 0.432 e. The number of benzene rings is 1. The smallest absolute Gasteiger partial charge is 0.432 e. The van der Waals surface area contributed by atoms with E-state index in [4.69, 9.17) is 9.29 Å². The van der Waals surface area contributed by atoms with E-state index in [0.29, 0.717) is 0 Å². The summed E-state index contributed by atoms with van der Waals surface area (Å²) in [5.41, 5.74) is -0.679. The molecule has 1 atom stereocenters. The van der Waals surface area contributed by atoms with Crippen molar-refractivity contribution in [3.8, 4) is 5.75 Å². The first-order valence-electron chi connectivity index (χ1n) is 6.77. The van der Waals surface area contributed by atoms with E-state index < -0.39 is 45.2 Å². The lowest BCUT2D eigenvalue weighted by Gasteiger charge is -2.26. The molecule has 0 spiro atoms. The van der Waals surface area contributed by atoms with Crippen LogP contribution in [-0.4, -0.2) is 42.4 Å². The van der Waals surface area contributed by atoms with E-state index in [1.54, 1.807) is 0 Å². The van der Waals surface area contributed by atoms with E-state index >= 15 is 0 Å². The molecule has 1 N–H and O–H groups in total. The molecule has 1 aromatic rings. The Bertz CT molecular complexity index is 828. The average Bonchev–Trinajstić information content (AvgIpc) is 2.50. The number of halogens is 5. The molecule has 0 heterocycles. The fourth-order valence-electron chi connectivity index (χ4n) is 1.58. The summed E-state index contributed by atoms with van der Waals surface area (Å²) in [6.07, 6.45) is -8.04. The van der Waals surface area contributed by atoms with Gasteiger partial charge >= 0.3 is 33.5 Å². The summed E-state index contributed by atoms with van der Waals surface area (Å²) in [5, 5.41) is -5.83. The molecule has 7 nitrogen and oxygen atoms in total. The highest BCUT2D eigenvalue weighted by Crippen LogP contribution is 2.38. The fourth-order valence-corrected chi connectivity index (χ4v) is 2.03. The van der Waals surface area contributed by atoms with Crippen LogP contribution in [0.3, 0.4) is 0 Å². The number of allylic oxidation sites excluding steroid dienone is 1. The Kier molecular flexibility index (Phi) is 6.67. The van der Waals surface area contributed by atoms with E-state index in [0.717, 1.165) is 30.3 Å². The van der Waals surface area contributed by atoms with Gasteiger partial charge in [0.05, 0.1) is 5.56 Å². The molecular weight excluding hydrogens is 407 g/mol. The van der Waals surface area contributed by atoms with Crippen molar-refractivity contribution < 1.29 is 54.0 Å². The molecule has 0 saturated carbocycles. The largest absolute Gasteiger partial charge is 0.441 e. The third-order valence-electron chi connectivity index (χ3n) is 2.78. The molecule has 0 amide bonds. The predicted molar refractivity (Wildman–Crippen MR) is 78.6 cm³/mol. The van der Waals surface area contributed by atoms with Crippen LogP contribution < -0.4 is 4.74 Å². The number of hydrogen-bond acceptors (Lipinski definition) is 6. The minimum atomic E-state index is -6.53. The van der Waals surface area contributed by atoms with Gasteiger partial charge in [0.1, 0.15) is 5.75 Å². The number of hydrogen-bond donors (Lipinski definition) is 1.